The maximum absolute atomic E-state index is 10.9. The molecule has 0 aromatic carbocycles. The van der Waals surface area contributed by atoms with Crippen LogP contribution < -0.4 is 11.1 Å². The van der Waals surface area contributed by atoms with Crippen LogP contribution in [0.3, 0.4) is 0 Å². The molecule has 17 heavy (non-hydrogen) atoms. The zero-order chi connectivity index (χ0) is 12.1. The summed E-state index contributed by atoms with van der Waals surface area (Å²) in [5.41, 5.74) is 7.29. The third-order valence-electron chi connectivity index (χ3n) is 2.29. The molecule has 6 heteroatoms. The van der Waals surface area contributed by atoms with Gasteiger partial charge in [-0.05, 0) is 12.1 Å². The van der Waals surface area contributed by atoms with Gasteiger partial charge in [-0.15, -0.1) is 0 Å². The molecule has 1 amide bonds. The zero-order valence-corrected chi connectivity index (χ0v) is 9.18. The largest absolute Gasteiger partial charge is 0.385 e. The highest BCUT2D eigenvalue weighted by molar-refractivity contribution is 5.91. The van der Waals surface area contributed by atoms with Crippen LogP contribution in [0.2, 0.25) is 0 Å². The van der Waals surface area contributed by atoms with E-state index in [9.17, 15) is 4.79 Å². The molecule has 4 N–H and O–H groups in total. The Hall–Kier alpha value is -2.37. The number of nitrogens with zero attached hydrogens (tertiary/aromatic N) is 2. The Labute approximate surface area is 98.3 Å². The molecule has 0 spiro atoms. The predicted octanol–water partition coefficient (Wildman–Crippen LogP) is 0.558. The fourth-order valence-corrected chi connectivity index (χ4v) is 1.44. The first-order valence-corrected chi connectivity index (χ1v) is 5.22. The summed E-state index contributed by atoms with van der Waals surface area (Å²) in [6, 6.07) is 3.43. The van der Waals surface area contributed by atoms with Gasteiger partial charge < -0.3 is 16.0 Å². The molecule has 0 unspecified atom stereocenters. The molecule has 0 radical (unpaired) electrons. The van der Waals surface area contributed by atoms with Crippen molar-refractivity contribution in [2.45, 2.75) is 6.42 Å². The summed E-state index contributed by atoms with van der Waals surface area (Å²) in [4.78, 5) is 21.7. The quantitative estimate of drug-likeness (QED) is 0.700. The Balaban J connectivity index is 1.90. The number of pyridine rings is 1. The minimum Gasteiger partial charge on any atom is -0.385 e. The van der Waals surface area contributed by atoms with E-state index in [-0.39, 0.29) is 5.69 Å². The van der Waals surface area contributed by atoms with E-state index in [0.717, 1.165) is 24.3 Å². The minimum atomic E-state index is -0.526. The second kappa shape index (κ2) is 5.11. The van der Waals surface area contributed by atoms with Gasteiger partial charge in [-0.1, -0.05) is 0 Å². The first kappa shape index (κ1) is 11.1. The van der Waals surface area contributed by atoms with Gasteiger partial charge in [0.15, 0.2) is 0 Å². The number of nitrogens with two attached hydrogens (primary N) is 1. The van der Waals surface area contributed by atoms with Gasteiger partial charge in [0.05, 0.1) is 6.33 Å². The van der Waals surface area contributed by atoms with Gasteiger partial charge in [0.1, 0.15) is 5.69 Å². The lowest BCUT2D eigenvalue weighted by Crippen LogP contribution is -2.13. The van der Waals surface area contributed by atoms with Crippen molar-refractivity contribution in [3.8, 4) is 0 Å². The van der Waals surface area contributed by atoms with Crippen LogP contribution in [-0.4, -0.2) is 27.4 Å². The maximum atomic E-state index is 10.9. The fourth-order valence-electron chi connectivity index (χ4n) is 1.44. The Bertz CT molecular complexity index is 494. The number of primary amides is 1. The molecule has 6 nitrogen and oxygen atoms in total. The molecule has 2 aromatic rings. The van der Waals surface area contributed by atoms with Gasteiger partial charge in [-0.25, -0.2) is 4.98 Å². The first-order chi connectivity index (χ1) is 8.25. The van der Waals surface area contributed by atoms with E-state index in [4.69, 9.17) is 5.73 Å². The number of amides is 1. The minimum absolute atomic E-state index is 0.261. The van der Waals surface area contributed by atoms with Crippen LogP contribution in [0.25, 0.3) is 0 Å². The number of carbonyl (C=O) groups excluding carboxylic acids is 1. The third-order valence-corrected chi connectivity index (χ3v) is 2.29. The molecule has 0 atom stereocenters. The highest BCUT2D eigenvalue weighted by Crippen LogP contribution is 2.07. The van der Waals surface area contributed by atoms with Crippen molar-refractivity contribution in [2.75, 3.05) is 11.9 Å². The second-order valence-electron chi connectivity index (χ2n) is 3.55. The molecule has 88 valence electrons. The van der Waals surface area contributed by atoms with Crippen molar-refractivity contribution < 1.29 is 4.79 Å². The monoisotopic (exact) mass is 231 g/mol. The van der Waals surface area contributed by atoms with E-state index in [0.29, 0.717) is 0 Å². The lowest BCUT2D eigenvalue weighted by molar-refractivity contribution is 0.0995. The van der Waals surface area contributed by atoms with Crippen LogP contribution in [0.15, 0.2) is 30.9 Å². The van der Waals surface area contributed by atoms with Gasteiger partial charge in [0.2, 0.25) is 0 Å². The molecular formula is C11H13N5O. The number of hydrogen-bond acceptors (Lipinski definition) is 4. The Morgan fingerprint density at radius 3 is 3.12 bits per heavy atom. The molecule has 2 aromatic heterocycles. The summed E-state index contributed by atoms with van der Waals surface area (Å²) in [6.07, 6.45) is 5.81. The highest BCUT2D eigenvalue weighted by Gasteiger charge is 2.02. The number of imidazole rings is 1. The summed E-state index contributed by atoms with van der Waals surface area (Å²) in [5, 5.41) is 3.18. The molecule has 2 rings (SSSR count). The van der Waals surface area contributed by atoms with Gasteiger partial charge in [0, 0.05) is 36.7 Å². The van der Waals surface area contributed by atoms with E-state index in [1.54, 1.807) is 30.9 Å². The molecule has 0 saturated carbocycles. The number of anilines is 1. The topological polar surface area (TPSA) is 96.7 Å². The van der Waals surface area contributed by atoms with Crippen LogP contribution in [0.1, 0.15) is 16.2 Å². The maximum Gasteiger partial charge on any atom is 0.267 e. The van der Waals surface area contributed by atoms with Gasteiger partial charge in [-0.2, -0.15) is 0 Å². The molecule has 0 aliphatic heterocycles. The van der Waals surface area contributed by atoms with Crippen LogP contribution in [0.5, 0.6) is 0 Å². The second-order valence-corrected chi connectivity index (χ2v) is 3.55. The van der Waals surface area contributed by atoms with Crippen LogP contribution in [0, 0.1) is 0 Å². The molecule has 0 aliphatic carbocycles. The Morgan fingerprint density at radius 1 is 1.53 bits per heavy atom. The lowest BCUT2D eigenvalue weighted by Gasteiger charge is -2.05. The third kappa shape index (κ3) is 3.04. The van der Waals surface area contributed by atoms with E-state index in [1.165, 1.54) is 0 Å². The van der Waals surface area contributed by atoms with Crippen molar-refractivity contribution in [1.82, 2.24) is 15.0 Å². The number of rotatable bonds is 5. The summed E-state index contributed by atoms with van der Waals surface area (Å²) < 4.78 is 0. The molecule has 0 fully saturated rings. The Kier molecular flexibility index (Phi) is 3.34. The van der Waals surface area contributed by atoms with E-state index in [1.807, 2.05) is 0 Å². The van der Waals surface area contributed by atoms with Crippen molar-refractivity contribution in [3.05, 3.63) is 42.2 Å². The van der Waals surface area contributed by atoms with Crippen molar-refractivity contribution in [1.29, 1.82) is 0 Å². The van der Waals surface area contributed by atoms with E-state index >= 15 is 0 Å². The molecule has 0 aliphatic rings. The number of H-pyrrole nitrogens is 1. The average Bonchev–Trinajstić information content (AvgIpc) is 2.82. The van der Waals surface area contributed by atoms with Crippen molar-refractivity contribution >= 4 is 11.6 Å². The number of aromatic nitrogens is 3. The van der Waals surface area contributed by atoms with Crippen LogP contribution in [0.4, 0.5) is 5.69 Å². The van der Waals surface area contributed by atoms with E-state index < -0.39 is 5.91 Å². The zero-order valence-electron chi connectivity index (χ0n) is 9.18. The predicted molar refractivity (Wildman–Crippen MR) is 63.5 cm³/mol. The van der Waals surface area contributed by atoms with Gasteiger partial charge in [-0.3, -0.25) is 9.78 Å². The smallest absolute Gasteiger partial charge is 0.267 e. The normalized spacial score (nSPS) is 10.1. The summed E-state index contributed by atoms with van der Waals surface area (Å²) in [5.74, 6) is -0.526. The first-order valence-electron chi connectivity index (χ1n) is 5.22. The summed E-state index contributed by atoms with van der Waals surface area (Å²) >= 11 is 0. The SMILES string of the molecule is NC(=O)c1cc(NCCc2cnc[nH]2)ccn1. The van der Waals surface area contributed by atoms with Crippen molar-refractivity contribution in [2.24, 2.45) is 5.73 Å². The molecule has 0 bridgehead atoms. The van der Waals surface area contributed by atoms with Crippen molar-refractivity contribution in [3.63, 3.8) is 0 Å². The lowest BCUT2D eigenvalue weighted by atomic mass is 10.3. The number of carbonyl (C=O) groups is 1. The number of nitrogens with one attached hydrogen (secondary N) is 2. The summed E-state index contributed by atoms with van der Waals surface area (Å²) in [7, 11) is 0. The van der Waals surface area contributed by atoms with Crippen LogP contribution >= 0.6 is 0 Å². The van der Waals surface area contributed by atoms with Gasteiger partial charge >= 0.3 is 0 Å². The summed E-state index contributed by atoms with van der Waals surface area (Å²) in [6.45, 7) is 0.740. The average molecular weight is 231 g/mol. The number of aromatic amines is 1. The van der Waals surface area contributed by atoms with E-state index in [2.05, 4.69) is 20.3 Å². The Morgan fingerprint density at radius 2 is 2.41 bits per heavy atom. The highest BCUT2D eigenvalue weighted by atomic mass is 16.1. The molecule has 2 heterocycles. The standard InChI is InChI=1S/C11H13N5O/c12-11(17)10-5-8(1-4-15-10)14-3-2-9-6-13-7-16-9/h1,4-7H,2-3H2,(H2,12,17)(H,13,16)(H,14,15). The fraction of sp³-hybridized carbons (Fsp3) is 0.182. The van der Waals surface area contributed by atoms with Crippen LogP contribution in [-0.2, 0) is 6.42 Å². The molecular weight excluding hydrogens is 218 g/mol. The number of hydrogen-bond donors (Lipinski definition) is 3. The molecule has 0 saturated heterocycles. The van der Waals surface area contributed by atoms with Gasteiger partial charge in [0.25, 0.3) is 5.91 Å².